The first-order chi connectivity index (χ1) is 14.6. The molecule has 3 aliphatic carbocycles. The highest BCUT2D eigenvalue weighted by Gasteiger charge is 2.55. The van der Waals surface area contributed by atoms with Crippen LogP contribution >= 0.6 is 0 Å². The molecule has 0 saturated heterocycles. The molecule has 3 rings (SSSR count). The molecule has 4 nitrogen and oxygen atoms in total. The molecule has 2 bridgehead atoms. The van der Waals surface area contributed by atoms with E-state index in [1.807, 2.05) is 0 Å². The molecule has 5 atom stereocenters. The van der Waals surface area contributed by atoms with Gasteiger partial charge in [-0.2, -0.15) is 0 Å². The standard InChI is InChI=1S/C27H46O4Si/c1-18-20-16-21-23(31-32(9,10)25(2,3)4)12-11-19(26(21,5)6)15-24(28)27(20,7)14-13-22(18)30-17-29-8/h12,19-22H,1,11,13-17H2,2-10H3/t19?,20-,21?,22+,27-/m1/s1. The van der Waals surface area contributed by atoms with Gasteiger partial charge in [0.05, 0.1) is 11.9 Å². The predicted octanol–water partition coefficient (Wildman–Crippen LogP) is 6.88. The summed E-state index contributed by atoms with van der Waals surface area (Å²) in [5.41, 5.74) is 0.705. The summed E-state index contributed by atoms with van der Waals surface area (Å²) in [6.07, 6.45) is 6.45. The van der Waals surface area contributed by atoms with Crippen molar-refractivity contribution in [1.29, 1.82) is 0 Å². The van der Waals surface area contributed by atoms with Crippen LogP contribution in [0.5, 0.6) is 0 Å². The quantitative estimate of drug-likeness (QED) is 0.254. The molecule has 2 unspecified atom stereocenters. The van der Waals surface area contributed by atoms with Crippen molar-refractivity contribution < 1.29 is 18.7 Å². The molecule has 32 heavy (non-hydrogen) atoms. The van der Waals surface area contributed by atoms with E-state index in [2.05, 4.69) is 67.3 Å². The van der Waals surface area contributed by atoms with Crippen molar-refractivity contribution in [2.75, 3.05) is 13.9 Å². The Labute approximate surface area is 197 Å². The number of methoxy groups -OCH3 is 1. The highest BCUT2D eigenvalue weighted by Crippen LogP contribution is 2.59. The molecule has 0 N–H and O–H groups in total. The Morgan fingerprint density at radius 2 is 1.84 bits per heavy atom. The van der Waals surface area contributed by atoms with Crippen molar-refractivity contribution in [3.63, 3.8) is 0 Å². The summed E-state index contributed by atoms with van der Waals surface area (Å²) >= 11 is 0. The third-order valence-electron chi connectivity index (χ3n) is 9.56. The first kappa shape index (κ1) is 25.7. The number of carbonyl (C=O) groups excluding carboxylic acids is 1. The van der Waals surface area contributed by atoms with Crippen LogP contribution in [0.15, 0.2) is 24.0 Å². The van der Waals surface area contributed by atoms with Crippen molar-refractivity contribution in [3.05, 3.63) is 24.0 Å². The zero-order valence-corrected chi connectivity index (χ0v) is 23.0. The summed E-state index contributed by atoms with van der Waals surface area (Å²) in [6, 6.07) is 0. The SMILES string of the molecule is C=C1[C@@H](OCOC)CC[C@@]2(C)C(=O)CC3CC=C(O[Si](C)(C)C(C)(C)C)C(C[C@H]12)C3(C)C. The van der Waals surface area contributed by atoms with Crippen LogP contribution in [-0.2, 0) is 18.7 Å². The second-order valence-corrected chi connectivity index (χ2v) is 17.5. The van der Waals surface area contributed by atoms with Crippen LogP contribution in [0.25, 0.3) is 0 Å². The van der Waals surface area contributed by atoms with E-state index < -0.39 is 8.32 Å². The van der Waals surface area contributed by atoms with Gasteiger partial charge in [0, 0.05) is 24.9 Å². The average Bonchev–Trinajstić information content (AvgIpc) is 2.66. The fraction of sp³-hybridized carbons (Fsp3) is 0.815. The number of allylic oxidation sites excluding steroid dienone is 2. The Hall–Kier alpha value is -0.913. The summed E-state index contributed by atoms with van der Waals surface area (Å²) in [6.45, 7) is 23.2. The van der Waals surface area contributed by atoms with Crippen molar-refractivity contribution in [2.45, 2.75) is 97.9 Å². The molecule has 0 aromatic rings. The molecule has 0 radical (unpaired) electrons. The van der Waals surface area contributed by atoms with Crippen LogP contribution in [0.2, 0.25) is 18.1 Å². The molecular weight excluding hydrogens is 416 g/mol. The van der Waals surface area contributed by atoms with Gasteiger partial charge in [-0.1, -0.05) is 48.1 Å². The molecule has 3 aliphatic rings. The van der Waals surface area contributed by atoms with Crippen molar-refractivity contribution in [3.8, 4) is 0 Å². The largest absolute Gasteiger partial charge is 0.547 e. The molecular formula is C27H46O4Si. The van der Waals surface area contributed by atoms with Gasteiger partial charge in [-0.05, 0) is 72.7 Å². The van der Waals surface area contributed by atoms with Crippen LogP contribution in [0, 0.1) is 28.6 Å². The minimum atomic E-state index is -1.96. The minimum absolute atomic E-state index is 0.00402. The van der Waals surface area contributed by atoms with E-state index in [1.54, 1.807) is 7.11 Å². The minimum Gasteiger partial charge on any atom is -0.547 e. The Bertz CT molecular complexity index is 775. The molecule has 0 aromatic carbocycles. The predicted molar refractivity (Wildman–Crippen MR) is 133 cm³/mol. The third kappa shape index (κ3) is 4.42. The number of Topliss-reactive ketones (excluding diaryl/α,β-unsaturated/α-hetero) is 1. The lowest BCUT2D eigenvalue weighted by molar-refractivity contribution is -0.141. The number of ether oxygens (including phenoxy) is 2. The second kappa shape index (κ2) is 8.70. The zero-order chi connectivity index (χ0) is 24.1. The Balaban J connectivity index is 2.00. The van der Waals surface area contributed by atoms with Crippen LogP contribution in [-0.4, -0.2) is 34.1 Å². The summed E-state index contributed by atoms with van der Waals surface area (Å²) in [5, 5.41) is 0.147. The molecule has 2 saturated carbocycles. The van der Waals surface area contributed by atoms with Crippen molar-refractivity contribution >= 4 is 14.1 Å². The van der Waals surface area contributed by atoms with Gasteiger partial charge >= 0.3 is 0 Å². The van der Waals surface area contributed by atoms with Crippen molar-refractivity contribution in [1.82, 2.24) is 0 Å². The maximum absolute atomic E-state index is 13.7. The van der Waals surface area contributed by atoms with Gasteiger partial charge in [0.15, 0.2) is 0 Å². The van der Waals surface area contributed by atoms with Gasteiger partial charge in [0.1, 0.15) is 12.6 Å². The lowest BCUT2D eigenvalue weighted by atomic mass is 9.51. The summed E-state index contributed by atoms with van der Waals surface area (Å²) < 4.78 is 18.1. The van der Waals surface area contributed by atoms with E-state index in [9.17, 15) is 4.79 Å². The average molecular weight is 463 g/mol. The number of rotatable bonds is 5. The Kier molecular flexibility index (Phi) is 6.99. The van der Waals surface area contributed by atoms with E-state index in [1.165, 1.54) is 5.76 Å². The number of fused-ring (bicyclic) bond motifs is 3. The highest BCUT2D eigenvalue weighted by atomic mass is 28.4. The molecule has 0 aromatic heterocycles. The maximum Gasteiger partial charge on any atom is 0.250 e. The van der Waals surface area contributed by atoms with Gasteiger partial charge in [-0.25, -0.2) is 0 Å². The fourth-order valence-corrected chi connectivity index (χ4v) is 7.01. The first-order valence-corrected chi connectivity index (χ1v) is 15.3. The normalized spacial score (nSPS) is 35.5. The zero-order valence-electron chi connectivity index (χ0n) is 22.0. The van der Waals surface area contributed by atoms with Crippen LogP contribution < -0.4 is 0 Å². The van der Waals surface area contributed by atoms with E-state index >= 15 is 0 Å². The fourth-order valence-electron chi connectivity index (χ4n) is 5.88. The smallest absolute Gasteiger partial charge is 0.250 e. The molecule has 0 heterocycles. The van der Waals surface area contributed by atoms with E-state index in [-0.39, 0.29) is 40.6 Å². The molecule has 5 heteroatoms. The van der Waals surface area contributed by atoms with Gasteiger partial charge in [0.25, 0.3) is 0 Å². The van der Waals surface area contributed by atoms with Crippen LogP contribution in [0.3, 0.4) is 0 Å². The first-order valence-electron chi connectivity index (χ1n) is 12.4. The van der Waals surface area contributed by atoms with E-state index in [0.29, 0.717) is 18.1 Å². The third-order valence-corrected chi connectivity index (χ3v) is 13.9. The van der Waals surface area contributed by atoms with E-state index in [0.717, 1.165) is 31.3 Å². The lowest BCUT2D eigenvalue weighted by Crippen LogP contribution is -2.52. The van der Waals surface area contributed by atoms with Gasteiger partial charge in [-0.15, -0.1) is 0 Å². The Morgan fingerprint density at radius 1 is 1.19 bits per heavy atom. The second-order valence-electron chi connectivity index (χ2n) is 12.8. The summed E-state index contributed by atoms with van der Waals surface area (Å²) in [7, 11) is -0.315. The topological polar surface area (TPSA) is 44.8 Å². The maximum atomic E-state index is 13.7. The monoisotopic (exact) mass is 462 g/mol. The molecule has 2 fully saturated rings. The lowest BCUT2D eigenvalue weighted by Gasteiger charge is -2.55. The molecule has 182 valence electrons. The molecule has 0 amide bonds. The van der Waals surface area contributed by atoms with Crippen molar-refractivity contribution in [2.24, 2.45) is 28.6 Å². The highest BCUT2D eigenvalue weighted by molar-refractivity contribution is 6.74. The Morgan fingerprint density at radius 3 is 2.44 bits per heavy atom. The van der Waals surface area contributed by atoms with Gasteiger partial charge in [-0.3, -0.25) is 4.79 Å². The van der Waals surface area contributed by atoms with Gasteiger partial charge in [0.2, 0.25) is 8.32 Å². The number of hydrogen-bond acceptors (Lipinski definition) is 4. The van der Waals surface area contributed by atoms with Crippen LogP contribution in [0.1, 0.15) is 73.6 Å². The summed E-state index contributed by atoms with van der Waals surface area (Å²) in [5.74, 6) is 2.32. The molecule has 0 aliphatic heterocycles. The number of carbonyl (C=O) groups is 1. The number of hydrogen-bond donors (Lipinski definition) is 0. The number of ketones is 1. The summed E-state index contributed by atoms with van der Waals surface area (Å²) in [4.78, 5) is 13.7. The van der Waals surface area contributed by atoms with E-state index in [4.69, 9.17) is 13.9 Å². The van der Waals surface area contributed by atoms with Crippen LogP contribution in [0.4, 0.5) is 0 Å². The van der Waals surface area contributed by atoms with Gasteiger partial charge < -0.3 is 13.9 Å². The molecule has 0 spiro atoms.